The molecule has 0 spiro atoms. The molecule has 0 heterocycles. The molecule has 0 aliphatic rings. The Bertz CT molecular complexity index is 1110. The Morgan fingerprint density at radius 1 is 0.900 bits per heavy atom. The number of carbonyl (C=O) groups is 1. The molecule has 7 nitrogen and oxygen atoms in total. The van der Waals surface area contributed by atoms with Crippen LogP contribution in [0.3, 0.4) is 0 Å². The molecule has 0 aliphatic carbocycles. The highest BCUT2D eigenvalue weighted by molar-refractivity contribution is 7.92. The number of methoxy groups -OCH3 is 1. The number of nitrogens with one attached hydrogen (secondary N) is 1. The average Bonchev–Trinajstić information content (AvgIpc) is 2.75. The van der Waals surface area contributed by atoms with Gasteiger partial charge in [0.2, 0.25) is 0 Å². The van der Waals surface area contributed by atoms with Gasteiger partial charge in [0.05, 0.1) is 24.2 Å². The molecule has 0 unspecified atom stereocenters. The normalized spacial score (nSPS) is 10.9. The average molecular weight is 427 g/mol. The van der Waals surface area contributed by atoms with E-state index in [1.54, 1.807) is 38.3 Å². The number of para-hydroxylation sites is 2. The lowest BCUT2D eigenvalue weighted by Gasteiger charge is -2.11. The van der Waals surface area contributed by atoms with E-state index >= 15 is 0 Å². The minimum atomic E-state index is -3.81. The fourth-order valence-electron chi connectivity index (χ4n) is 2.62. The lowest BCUT2D eigenvalue weighted by molar-refractivity contribution is 0.0526. The molecule has 3 aromatic carbocycles. The van der Waals surface area contributed by atoms with Gasteiger partial charge in [0.1, 0.15) is 5.75 Å². The summed E-state index contributed by atoms with van der Waals surface area (Å²) in [5, 5.41) is 0. The van der Waals surface area contributed by atoms with Gasteiger partial charge in [-0.2, -0.15) is 0 Å². The standard InChI is InChI=1S/C22H21NO6S/c1-3-28-22(24)16-8-10-17(11-9-16)23-30(25,26)19-14-12-18(13-15-19)29-21-7-5-4-6-20(21)27-2/h4-15,23H,3H2,1-2H3. The Morgan fingerprint density at radius 3 is 2.13 bits per heavy atom. The topological polar surface area (TPSA) is 90.9 Å². The van der Waals surface area contributed by atoms with Crippen LogP contribution in [-0.4, -0.2) is 28.1 Å². The summed E-state index contributed by atoms with van der Waals surface area (Å²) in [4.78, 5) is 11.8. The van der Waals surface area contributed by atoms with E-state index in [0.29, 0.717) is 28.5 Å². The summed E-state index contributed by atoms with van der Waals surface area (Å²) in [5.41, 5.74) is 0.676. The van der Waals surface area contributed by atoms with Gasteiger partial charge in [0, 0.05) is 5.69 Å². The summed E-state index contributed by atoms with van der Waals surface area (Å²) in [6, 6.07) is 19.2. The van der Waals surface area contributed by atoms with Gasteiger partial charge in [-0.15, -0.1) is 0 Å². The van der Waals surface area contributed by atoms with Gasteiger partial charge in [0.15, 0.2) is 11.5 Å². The number of benzene rings is 3. The van der Waals surface area contributed by atoms with Crippen molar-refractivity contribution < 1.29 is 27.4 Å². The van der Waals surface area contributed by atoms with Gasteiger partial charge in [-0.05, 0) is 67.6 Å². The molecule has 0 aromatic heterocycles. The number of rotatable bonds is 8. The first-order chi connectivity index (χ1) is 14.4. The van der Waals surface area contributed by atoms with Gasteiger partial charge < -0.3 is 14.2 Å². The summed E-state index contributed by atoms with van der Waals surface area (Å²) in [5.74, 6) is 1.10. The highest BCUT2D eigenvalue weighted by atomic mass is 32.2. The number of carbonyl (C=O) groups excluding carboxylic acids is 1. The molecule has 0 amide bonds. The van der Waals surface area contributed by atoms with Crippen LogP contribution < -0.4 is 14.2 Å². The smallest absolute Gasteiger partial charge is 0.338 e. The van der Waals surface area contributed by atoms with Crippen molar-refractivity contribution in [3.05, 3.63) is 78.4 Å². The Morgan fingerprint density at radius 2 is 1.53 bits per heavy atom. The van der Waals surface area contributed by atoms with Crippen LogP contribution in [0, 0.1) is 0 Å². The van der Waals surface area contributed by atoms with E-state index in [-0.39, 0.29) is 11.5 Å². The van der Waals surface area contributed by atoms with E-state index in [0.717, 1.165) is 0 Å². The van der Waals surface area contributed by atoms with Crippen LogP contribution in [0.2, 0.25) is 0 Å². The second-order valence-electron chi connectivity index (χ2n) is 6.13. The third kappa shape index (κ3) is 5.09. The van der Waals surface area contributed by atoms with Gasteiger partial charge in [-0.1, -0.05) is 12.1 Å². The Hall–Kier alpha value is -3.52. The maximum absolute atomic E-state index is 12.6. The van der Waals surface area contributed by atoms with Gasteiger partial charge in [-0.25, -0.2) is 13.2 Å². The fourth-order valence-corrected chi connectivity index (χ4v) is 3.68. The number of esters is 1. The number of anilines is 1. The third-order valence-corrected chi connectivity index (χ3v) is 5.48. The summed E-state index contributed by atoms with van der Waals surface area (Å²) in [6.45, 7) is 1.98. The van der Waals surface area contributed by atoms with Crippen molar-refractivity contribution in [2.45, 2.75) is 11.8 Å². The molecule has 0 saturated carbocycles. The van der Waals surface area contributed by atoms with Crippen molar-refractivity contribution in [3.8, 4) is 17.2 Å². The predicted octanol–water partition coefficient (Wildman–Crippen LogP) is 4.47. The second-order valence-corrected chi connectivity index (χ2v) is 7.81. The molecule has 0 atom stereocenters. The number of hydrogen-bond acceptors (Lipinski definition) is 6. The highest BCUT2D eigenvalue weighted by Gasteiger charge is 2.15. The lowest BCUT2D eigenvalue weighted by atomic mass is 10.2. The van der Waals surface area contributed by atoms with Crippen molar-refractivity contribution in [3.63, 3.8) is 0 Å². The minimum Gasteiger partial charge on any atom is -0.493 e. The molecule has 156 valence electrons. The molecule has 30 heavy (non-hydrogen) atoms. The first-order valence-electron chi connectivity index (χ1n) is 9.14. The third-order valence-electron chi connectivity index (χ3n) is 4.08. The van der Waals surface area contributed by atoms with Crippen LogP contribution in [-0.2, 0) is 14.8 Å². The Kier molecular flexibility index (Phi) is 6.58. The molecule has 8 heteroatoms. The van der Waals surface area contributed by atoms with E-state index in [4.69, 9.17) is 14.2 Å². The Balaban J connectivity index is 1.71. The van der Waals surface area contributed by atoms with Crippen molar-refractivity contribution in [1.82, 2.24) is 0 Å². The summed E-state index contributed by atoms with van der Waals surface area (Å²) >= 11 is 0. The van der Waals surface area contributed by atoms with Gasteiger partial charge >= 0.3 is 5.97 Å². The molecule has 0 aliphatic heterocycles. The highest BCUT2D eigenvalue weighted by Crippen LogP contribution is 2.31. The van der Waals surface area contributed by atoms with Crippen molar-refractivity contribution >= 4 is 21.7 Å². The van der Waals surface area contributed by atoms with Crippen LogP contribution in [0.4, 0.5) is 5.69 Å². The summed E-state index contributed by atoms with van der Waals surface area (Å²) < 4.78 is 43.6. The molecule has 0 fully saturated rings. The second kappa shape index (κ2) is 9.32. The lowest BCUT2D eigenvalue weighted by Crippen LogP contribution is -2.13. The van der Waals surface area contributed by atoms with Crippen molar-refractivity contribution in [1.29, 1.82) is 0 Å². The van der Waals surface area contributed by atoms with E-state index < -0.39 is 16.0 Å². The fraction of sp³-hybridized carbons (Fsp3) is 0.136. The number of ether oxygens (including phenoxy) is 3. The predicted molar refractivity (Wildman–Crippen MR) is 113 cm³/mol. The van der Waals surface area contributed by atoms with E-state index in [1.807, 2.05) is 12.1 Å². The molecule has 0 saturated heterocycles. The SMILES string of the molecule is CCOC(=O)c1ccc(NS(=O)(=O)c2ccc(Oc3ccccc3OC)cc2)cc1. The first kappa shape index (κ1) is 21.2. The number of sulfonamides is 1. The monoisotopic (exact) mass is 427 g/mol. The molecule has 1 N–H and O–H groups in total. The van der Waals surface area contributed by atoms with E-state index in [2.05, 4.69) is 4.72 Å². The van der Waals surface area contributed by atoms with Crippen LogP contribution in [0.25, 0.3) is 0 Å². The zero-order chi connectivity index (χ0) is 21.6. The molecular weight excluding hydrogens is 406 g/mol. The minimum absolute atomic E-state index is 0.0735. The Labute approximate surface area is 175 Å². The largest absolute Gasteiger partial charge is 0.493 e. The summed E-state index contributed by atoms with van der Waals surface area (Å²) in [6.07, 6.45) is 0. The number of hydrogen-bond donors (Lipinski definition) is 1. The molecular formula is C22H21NO6S. The molecule has 3 aromatic rings. The zero-order valence-corrected chi connectivity index (χ0v) is 17.3. The van der Waals surface area contributed by atoms with E-state index in [9.17, 15) is 13.2 Å². The molecule has 0 bridgehead atoms. The van der Waals surface area contributed by atoms with Crippen LogP contribution >= 0.6 is 0 Å². The first-order valence-corrected chi connectivity index (χ1v) is 10.6. The molecule has 3 rings (SSSR count). The summed E-state index contributed by atoms with van der Waals surface area (Å²) in [7, 11) is -2.26. The quantitative estimate of drug-likeness (QED) is 0.534. The molecule has 0 radical (unpaired) electrons. The maximum atomic E-state index is 12.6. The van der Waals surface area contributed by atoms with Crippen LogP contribution in [0.5, 0.6) is 17.2 Å². The van der Waals surface area contributed by atoms with Crippen LogP contribution in [0.1, 0.15) is 17.3 Å². The maximum Gasteiger partial charge on any atom is 0.338 e. The van der Waals surface area contributed by atoms with E-state index in [1.165, 1.54) is 36.4 Å². The van der Waals surface area contributed by atoms with Crippen molar-refractivity contribution in [2.75, 3.05) is 18.4 Å². The van der Waals surface area contributed by atoms with Gasteiger partial charge in [-0.3, -0.25) is 4.72 Å². The van der Waals surface area contributed by atoms with Crippen LogP contribution in [0.15, 0.2) is 77.7 Å². The van der Waals surface area contributed by atoms with Crippen molar-refractivity contribution in [2.24, 2.45) is 0 Å². The van der Waals surface area contributed by atoms with Gasteiger partial charge in [0.25, 0.3) is 10.0 Å². The zero-order valence-electron chi connectivity index (χ0n) is 16.5.